The second-order valence-corrected chi connectivity index (χ2v) is 6.79. The van der Waals surface area contributed by atoms with Crippen molar-refractivity contribution in [2.45, 2.75) is 32.4 Å². The molecule has 0 spiro atoms. The quantitative estimate of drug-likeness (QED) is 0.764. The van der Waals surface area contributed by atoms with Crippen LogP contribution in [0.2, 0.25) is 0 Å². The van der Waals surface area contributed by atoms with E-state index in [-0.39, 0.29) is 6.04 Å². The summed E-state index contributed by atoms with van der Waals surface area (Å²) < 4.78 is 0. The van der Waals surface area contributed by atoms with Gasteiger partial charge in [-0.25, -0.2) is 9.97 Å². The van der Waals surface area contributed by atoms with Crippen molar-refractivity contribution >= 4 is 16.7 Å². The molecule has 2 aromatic carbocycles. The minimum absolute atomic E-state index is 0.280. The minimum atomic E-state index is 0.280. The lowest BCUT2D eigenvalue weighted by Gasteiger charge is -2.16. The largest absolute Gasteiger partial charge is 0.341 e. The Labute approximate surface area is 148 Å². The molecule has 1 atom stereocenters. The Morgan fingerprint density at radius 2 is 1.72 bits per heavy atom. The zero-order valence-electron chi connectivity index (χ0n) is 14.7. The first-order valence-corrected chi connectivity index (χ1v) is 9.07. The van der Waals surface area contributed by atoms with Gasteiger partial charge in [0, 0.05) is 43.6 Å². The Kier molecular flexibility index (Phi) is 4.61. The summed E-state index contributed by atoms with van der Waals surface area (Å²) in [5.74, 6) is 0.865. The van der Waals surface area contributed by atoms with Crippen LogP contribution < -0.4 is 10.2 Å². The summed E-state index contributed by atoms with van der Waals surface area (Å²) in [6, 6.07) is 15.4. The Morgan fingerprint density at radius 1 is 1.00 bits per heavy atom. The summed E-state index contributed by atoms with van der Waals surface area (Å²) in [6.45, 7) is 5.13. The third-order valence-electron chi connectivity index (χ3n) is 4.97. The molecule has 2 heterocycles. The number of aromatic nitrogens is 2. The molecule has 1 fully saturated rings. The van der Waals surface area contributed by atoms with Gasteiger partial charge in [-0.1, -0.05) is 36.4 Å². The van der Waals surface area contributed by atoms with Crippen LogP contribution in [0, 0.1) is 0 Å². The van der Waals surface area contributed by atoms with Crippen molar-refractivity contribution in [3.05, 3.63) is 66.0 Å². The average Bonchev–Trinajstić information content (AvgIpc) is 3.21. The molecule has 0 saturated carbocycles. The van der Waals surface area contributed by atoms with Gasteiger partial charge >= 0.3 is 0 Å². The van der Waals surface area contributed by atoms with Gasteiger partial charge in [0.2, 0.25) is 5.95 Å². The Morgan fingerprint density at radius 3 is 2.48 bits per heavy atom. The van der Waals surface area contributed by atoms with Crippen LogP contribution in [0.15, 0.2) is 54.9 Å². The number of fused-ring (bicyclic) bond motifs is 1. The molecule has 1 aliphatic heterocycles. The lowest BCUT2D eigenvalue weighted by atomic mass is 10.0. The highest BCUT2D eigenvalue weighted by molar-refractivity contribution is 5.83. The molecule has 0 bridgehead atoms. The van der Waals surface area contributed by atoms with Gasteiger partial charge in [0.05, 0.1) is 0 Å². The Bertz CT molecular complexity index is 838. The highest BCUT2D eigenvalue weighted by Crippen LogP contribution is 2.21. The maximum Gasteiger partial charge on any atom is 0.225 e. The fourth-order valence-electron chi connectivity index (χ4n) is 3.39. The molecule has 4 rings (SSSR count). The topological polar surface area (TPSA) is 41.1 Å². The summed E-state index contributed by atoms with van der Waals surface area (Å²) in [6.07, 6.45) is 6.38. The average molecular weight is 332 g/mol. The number of nitrogens with one attached hydrogen (secondary N) is 1. The number of hydrogen-bond donors (Lipinski definition) is 1. The number of nitrogens with zero attached hydrogens (tertiary/aromatic N) is 3. The zero-order valence-corrected chi connectivity index (χ0v) is 14.7. The van der Waals surface area contributed by atoms with E-state index in [1.807, 2.05) is 12.4 Å². The van der Waals surface area contributed by atoms with Crippen molar-refractivity contribution in [3.8, 4) is 0 Å². The summed E-state index contributed by atoms with van der Waals surface area (Å²) in [5.41, 5.74) is 2.42. The van der Waals surface area contributed by atoms with Crippen molar-refractivity contribution < 1.29 is 0 Å². The fourth-order valence-corrected chi connectivity index (χ4v) is 3.39. The van der Waals surface area contributed by atoms with Gasteiger partial charge in [-0.15, -0.1) is 0 Å². The monoisotopic (exact) mass is 332 g/mol. The molecule has 3 aromatic rings. The van der Waals surface area contributed by atoms with E-state index < -0.39 is 0 Å². The Balaban J connectivity index is 1.39. The minimum Gasteiger partial charge on any atom is -0.341 e. The van der Waals surface area contributed by atoms with Crippen LogP contribution in [-0.2, 0) is 6.54 Å². The van der Waals surface area contributed by atoms with Gasteiger partial charge in [0.1, 0.15) is 0 Å². The Hall–Kier alpha value is -2.46. The van der Waals surface area contributed by atoms with Gasteiger partial charge in [-0.2, -0.15) is 0 Å². The van der Waals surface area contributed by atoms with Crippen molar-refractivity contribution in [2.24, 2.45) is 0 Å². The molecule has 1 unspecified atom stereocenters. The van der Waals surface area contributed by atoms with Gasteiger partial charge in [-0.05, 0) is 42.2 Å². The maximum absolute atomic E-state index is 4.53. The van der Waals surface area contributed by atoms with Crippen LogP contribution in [-0.4, -0.2) is 23.1 Å². The van der Waals surface area contributed by atoms with Gasteiger partial charge in [0.25, 0.3) is 0 Å². The lowest BCUT2D eigenvalue weighted by Crippen LogP contribution is -2.21. The molecule has 25 heavy (non-hydrogen) atoms. The summed E-state index contributed by atoms with van der Waals surface area (Å²) >= 11 is 0. The standard InChI is InChI=1S/C21H24N4/c1-16(19-9-8-18-6-2-3-7-20(18)12-19)22-13-17-14-23-21(24-15-17)25-10-4-5-11-25/h2-3,6-9,12,14-16,22H,4-5,10-11,13H2,1H3. The first-order valence-electron chi connectivity index (χ1n) is 9.07. The van der Waals surface area contributed by atoms with Crippen molar-refractivity contribution in [1.82, 2.24) is 15.3 Å². The molecule has 0 aliphatic carbocycles. The van der Waals surface area contributed by atoms with E-state index in [9.17, 15) is 0 Å². The van der Waals surface area contributed by atoms with Crippen LogP contribution in [0.4, 0.5) is 5.95 Å². The first kappa shape index (κ1) is 16.0. The second kappa shape index (κ2) is 7.19. The van der Waals surface area contributed by atoms with Gasteiger partial charge in [0.15, 0.2) is 0 Å². The zero-order chi connectivity index (χ0) is 17.1. The van der Waals surface area contributed by atoms with Crippen molar-refractivity contribution in [3.63, 3.8) is 0 Å². The number of hydrogen-bond acceptors (Lipinski definition) is 4. The van der Waals surface area contributed by atoms with E-state index in [2.05, 4.69) is 69.6 Å². The maximum atomic E-state index is 4.53. The van der Waals surface area contributed by atoms with Gasteiger partial charge < -0.3 is 10.2 Å². The number of rotatable bonds is 5. The fraction of sp³-hybridized carbons (Fsp3) is 0.333. The molecule has 4 nitrogen and oxygen atoms in total. The molecule has 4 heteroatoms. The summed E-state index contributed by atoms with van der Waals surface area (Å²) in [5, 5.41) is 6.14. The summed E-state index contributed by atoms with van der Waals surface area (Å²) in [7, 11) is 0. The molecular formula is C21H24N4. The van der Waals surface area contributed by atoms with Crippen LogP contribution in [0.25, 0.3) is 10.8 Å². The van der Waals surface area contributed by atoms with Crippen LogP contribution in [0.3, 0.4) is 0 Å². The lowest BCUT2D eigenvalue weighted by molar-refractivity contribution is 0.573. The number of benzene rings is 2. The normalized spacial score (nSPS) is 15.6. The third-order valence-corrected chi connectivity index (χ3v) is 4.97. The second-order valence-electron chi connectivity index (χ2n) is 6.79. The molecule has 0 amide bonds. The van der Waals surface area contributed by atoms with E-state index in [4.69, 9.17) is 0 Å². The smallest absolute Gasteiger partial charge is 0.225 e. The molecule has 128 valence electrons. The van der Waals surface area contributed by atoms with E-state index in [1.165, 1.54) is 29.2 Å². The third kappa shape index (κ3) is 3.64. The number of anilines is 1. The highest BCUT2D eigenvalue weighted by atomic mass is 15.3. The summed E-state index contributed by atoms with van der Waals surface area (Å²) in [4.78, 5) is 11.3. The molecule has 1 aliphatic rings. The van der Waals surface area contributed by atoms with E-state index in [0.717, 1.165) is 31.1 Å². The SMILES string of the molecule is CC(NCc1cnc(N2CCCC2)nc1)c1ccc2ccccc2c1. The van der Waals surface area contributed by atoms with E-state index in [0.29, 0.717) is 0 Å². The van der Waals surface area contributed by atoms with Crippen LogP contribution >= 0.6 is 0 Å². The molecule has 1 N–H and O–H groups in total. The first-order chi connectivity index (χ1) is 12.3. The molecule has 1 aromatic heterocycles. The van der Waals surface area contributed by atoms with Crippen LogP contribution in [0.1, 0.15) is 36.9 Å². The molecule has 0 radical (unpaired) electrons. The molecule has 1 saturated heterocycles. The molecular weight excluding hydrogens is 308 g/mol. The predicted molar refractivity (Wildman–Crippen MR) is 103 cm³/mol. The van der Waals surface area contributed by atoms with Crippen molar-refractivity contribution in [2.75, 3.05) is 18.0 Å². The van der Waals surface area contributed by atoms with Crippen molar-refractivity contribution in [1.29, 1.82) is 0 Å². The van der Waals surface area contributed by atoms with E-state index in [1.54, 1.807) is 0 Å². The van der Waals surface area contributed by atoms with Gasteiger partial charge in [-0.3, -0.25) is 0 Å². The van der Waals surface area contributed by atoms with E-state index >= 15 is 0 Å². The predicted octanol–water partition coefficient (Wildman–Crippen LogP) is 4.08. The highest BCUT2D eigenvalue weighted by Gasteiger charge is 2.14. The van der Waals surface area contributed by atoms with Crippen LogP contribution in [0.5, 0.6) is 0 Å².